The van der Waals surface area contributed by atoms with Crippen molar-refractivity contribution in [1.82, 2.24) is 0 Å². The van der Waals surface area contributed by atoms with E-state index in [0.29, 0.717) is 11.1 Å². The Kier molecular flexibility index (Phi) is 4.64. The van der Waals surface area contributed by atoms with Crippen LogP contribution in [0.4, 0.5) is 4.79 Å². The van der Waals surface area contributed by atoms with E-state index in [1.165, 1.54) is 6.07 Å². The lowest BCUT2D eigenvalue weighted by atomic mass is 9.83. The number of carboxylic acids is 1. The number of rotatable bonds is 3. The third-order valence-corrected chi connectivity index (χ3v) is 3.79. The third kappa shape index (κ3) is 3.56. The average Bonchev–Trinajstić information content (AvgIpc) is 2.47. The molecule has 2 rings (SSSR count). The number of nitrogens with two attached hydrogens (primary N) is 1. The Balaban J connectivity index is 2.82. The second kappa shape index (κ2) is 6.35. The maximum Gasteiger partial charge on any atom is 0.409 e. The summed E-state index contributed by atoms with van der Waals surface area (Å²) in [7, 11) is 0. The van der Waals surface area contributed by atoms with Crippen LogP contribution >= 0.6 is 0 Å². The molecule has 0 aliphatic rings. The van der Waals surface area contributed by atoms with E-state index in [4.69, 9.17) is 10.5 Å². The molecule has 0 unspecified atom stereocenters. The van der Waals surface area contributed by atoms with E-state index in [1.807, 2.05) is 12.1 Å². The van der Waals surface area contributed by atoms with Crippen LogP contribution in [0.5, 0.6) is 5.75 Å². The highest BCUT2D eigenvalue weighted by Gasteiger charge is 2.22. The summed E-state index contributed by atoms with van der Waals surface area (Å²) < 4.78 is 5.18. The largest absolute Gasteiger partial charge is 0.478 e. The van der Waals surface area contributed by atoms with Crippen molar-refractivity contribution in [3.8, 4) is 16.9 Å². The molecule has 3 N–H and O–H groups in total. The number of hydrogen-bond acceptors (Lipinski definition) is 3. The van der Waals surface area contributed by atoms with Gasteiger partial charge in [0, 0.05) is 5.56 Å². The van der Waals surface area contributed by atoms with Crippen molar-refractivity contribution in [2.75, 3.05) is 0 Å². The molecule has 0 spiro atoms. The number of carbonyl (C=O) groups is 2. The summed E-state index contributed by atoms with van der Waals surface area (Å²) >= 11 is 0. The molecule has 0 saturated carbocycles. The van der Waals surface area contributed by atoms with Crippen molar-refractivity contribution < 1.29 is 19.4 Å². The maximum atomic E-state index is 11.6. The van der Waals surface area contributed by atoms with Crippen LogP contribution in [0.25, 0.3) is 11.1 Å². The number of ether oxygens (including phenoxy) is 1. The molecule has 0 radical (unpaired) electrons. The Morgan fingerprint density at radius 3 is 2.25 bits per heavy atom. The Morgan fingerprint density at radius 1 is 1.08 bits per heavy atom. The van der Waals surface area contributed by atoms with Gasteiger partial charge < -0.3 is 15.6 Å². The van der Waals surface area contributed by atoms with Crippen LogP contribution in [-0.4, -0.2) is 17.2 Å². The minimum absolute atomic E-state index is 0.136. The quantitative estimate of drug-likeness (QED) is 0.887. The molecule has 0 saturated heterocycles. The van der Waals surface area contributed by atoms with Crippen LogP contribution in [0.1, 0.15) is 42.3 Å². The van der Waals surface area contributed by atoms with Crippen LogP contribution in [0.3, 0.4) is 0 Å². The molecular formula is C19H21NO4. The van der Waals surface area contributed by atoms with E-state index < -0.39 is 12.1 Å². The van der Waals surface area contributed by atoms with Crippen molar-refractivity contribution in [3.63, 3.8) is 0 Å². The van der Waals surface area contributed by atoms with Crippen molar-refractivity contribution in [2.45, 2.75) is 33.1 Å². The minimum atomic E-state index is -1.05. The van der Waals surface area contributed by atoms with E-state index in [9.17, 15) is 14.7 Å². The van der Waals surface area contributed by atoms with Gasteiger partial charge in [0.25, 0.3) is 0 Å². The molecule has 126 valence electrons. The molecule has 2 aromatic carbocycles. The van der Waals surface area contributed by atoms with E-state index in [0.717, 1.165) is 11.1 Å². The molecule has 5 heteroatoms. The highest BCUT2D eigenvalue weighted by Crippen LogP contribution is 2.39. The topological polar surface area (TPSA) is 89.6 Å². The molecule has 2 aromatic rings. The first-order valence-corrected chi connectivity index (χ1v) is 7.56. The summed E-state index contributed by atoms with van der Waals surface area (Å²) in [5.74, 6) is -0.765. The van der Waals surface area contributed by atoms with Crippen molar-refractivity contribution in [1.29, 1.82) is 0 Å². The molecule has 0 aliphatic heterocycles. The number of carboxylic acid groups (broad SMARTS) is 1. The van der Waals surface area contributed by atoms with Gasteiger partial charge in [0.05, 0.1) is 5.56 Å². The molecule has 0 fully saturated rings. The van der Waals surface area contributed by atoms with E-state index in [1.54, 1.807) is 25.1 Å². The van der Waals surface area contributed by atoms with Gasteiger partial charge in [-0.05, 0) is 41.2 Å². The molecular weight excluding hydrogens is 306 g/mol. The SMILES string of the molecule is Cc1cc(C(C)(C)C)cc(-c2ccccc2C(=O)O)c1OC(N)=O. The zero-order valence-electron chi connectivity index (χ0n) is 14.2. The van der Waals surface area contributed by atoms with Gasteiger partial charge in [-0.15, -0.1) is 0 Å². The number of aromatic carboxylic acids is 1. The standard InChI is InChI=1S/C19H21NO4/c1-11-9-12(19(2,3)4)10-15(16(11)24-18(20)23)13-7-5-6-8-14(13)17(21)22/h5-10H,1-4H3,(H2,20,23)(H,21,22). The third-order valence-electron chi connectivity index (χ3n) is 3.79. The number of primary amides is 1. The summed E-state index contributed by atoms with van der Waals surface area (Å²) in [6, 6.07) is 10.4. The Morgan fingerprint density at radius 2 is 1.71 bits per heavy atom. The molecule has 0 heterocycles. The fourth-order valence-corrected chi connectivity index (χ4v) is 2.55. The van der Waals surface area contributed by atoms with E-state index in [2.05, 4.69) is 20.8 Å². The summed E-state index contributed by atoms with van der Waals surface area (Å²) in [5, 5.41) is 9.47. The lowest BCUT2D eigenvalue weighted by Crippen LogP contribution is -2.18. The van der Waals surface area contributed by atoms with Crippen molar-refractivity contribution in [2.24, 2.45) is 5.73 Å². The molecule has 5 nitrogen and oxygen atoms in total. The van der Waals surface area contributed by atoms with Crippen molar-refractivity contribution >= 4 is 12.1 Å². The Labute approximate surface area is 141 Å². The fraction of sp³-hybridized carbons (Fsp3) is 0.263. The highest BCUT2D eigenvalue weighted by molar-refractivity contribution is 5.97. The van der Waals surface area contributed by atoms with Gasteiger partial charge in [-0.1, -0.05) is 45.0 Å². The zero-order chi connectivity index (χ0) is 18.1. The first-order valence-electron chi connectivity index (χ1n) is 7.56. The van der Waals surface area contributed by atoms with Gasteiger partial charge in [0.2, 0.25) is 0 Å². The molecule has 24 heavy (non-hydrogen) atoms. The van der Waals surface area contributed by atoms with Crippen LogP contribution in [0, 0.1) is 6.92 Å². The Hall–Kier alpha value is -2.82. The van der Waals surface area contributed by atoms with Gasteiger partial charge in [0.15, 0.2) is 0 Å². The van der Waals surface area contributed by atoms with Gasteiger partial charge in [0.1, 0.15) is 5.75 Å². The van der Waals surface area contributed by atoms with Gasteiger partial charge >= 0.3 is 12.1 Å². The van der Waals surface area contributed by atoms with Crippen LogP contribution in [0.2, 0.25) is 0 Å². The number of carbonyl (C=O) groups excluding carboxylic acids is 1. The summed E-state index contributed by atoms with van der Waals surface area (Å²) in [6.07, 6.45) is -0.935. The number of amides is 1. The highest BCUT2D eigenvalue weighted by atomic mass is 16.5. The van der Waals surface area contributed by atoms with Gasteiger partial charge in [-0.2, -0.15) is 0 Å². The smallest absolute Gasteiger partial charge is 0.409 e. The normalized spacial score (nSPS) is 11.2. The number of hydrogen-bond donors (Lipinski definition) is 2. The summed E-state index contributed by atoms with van der Waals surface area (Å²) in [6.45, 7) is 7.98. The zero-order valence-corrected chi connectivity index (χ0v) is 14.2. The molecule has 0 bridgehead atoms. The second-order valence-electron chi connectivity index (χ2n) is 6.69. The fourth-order valence-electron chi connectivity index (χ4n) is 2.55. The summed E-state index contributed by atoms with van der Waals surface area (Å²) in [5.41, 5.74) is 7.92. The van der Waals surface area contributed by atoms with Crippen LogP contribution in [0.15, 0.2) is 36.4 Å². The molecule has 1 amide bonds. The predicted molar refractivity (Wildman–Crippen MR) is 92.5 cm³/mol. The second-order valence-corrected chi connectivity index (χ2v) is 6.69. The number of benzene rings is 2. The Bertz CT molecular complexity index is 803. The van der Waals surface area contributed by atoms with Gasteiger partial charge in [-0.3, -0.25) is 0 Å². The van der Waals surface area contributed by atoms with Crippen LogP contribution in [-0.2, 0) is 5.41 Å². The monoisotopic (exact) mass is 327 g/mol. The molecule has 0 atom stereocenters. The number of aryl methyl sites for hydroxylation is 1. The van der Waals surface area contributed by atoms with Gasteiger partial charge in [-0.25, -0.2) is 9.59 Å². The lowest BCUT2D eigenvalue weighted by Gasteiger charge is -2.23. The van der Waals surface area contributed by atoms with E-state index >= 15 is 0 Å². The maximum absolute atomic E-state index is 11.6. The van der Waals surface area contributed by atoms with Crippen molar-refractivity contribution in [3.05, 3.63) is 53.1 Å². The minimum Gasteiger partial charge on any atom is -0.478 e. The first-order chi connectivity index (χ1) is 11.1. The molecule has 0 aromatic heterocycles. The average molecular weight is 327 g/mol. The van der Waals surface area contributed by atoms with E-state index in [-0.39, 0.29) is 16.7 Å². The molecule has 0 aliphatic carbocycles. The summed E-state index contributed by atoms with van der Waals surface area (Å²) in [4.78, 5) is 22.9. The first kappa shape index (κ1) is 17.5. The van der Waals surface area contributed by atoms with Crippen LogP contribution < -0.4 is 10.5 Å². The lowest BCUT2D eigenvalue weighted by molar-refractivity contribution is 0.0697. The predicted octanol–water partition coefficient (Wildman–Crippen LogP) is 4.12.